The van der Waals surface area contributed by atoms with E-state index < -0.39 is 5.60 Å². The summed E-state index contributed by atoms with van der Waals surface area (Å²) in [6.45, 7) is 0. The number of rotatable bonds is 0. The van der Waals surface area contributed by atoms with Crippen LogP contribution in [0.2, 0.25) is 0 Å². The molecule has 0 saturated heterocycles. The Morgan fingerprint density at radius 2 is 2.44 bits per heavy atom. The van der Waals surface area contributed by atoms with E-state index in [2.05, 4.69) is 5.92 Å². The number of alkyl halides is 1. The van der Waals surface area contributed by atoms with Gasteiger partial charge >= 0.3 is 0 Å². The first-order valence-corrected chi connectivity index (χ1v) is 3.47. The molecule has 0 radical (unpaired) electrons. The van der Waals surface area contributed by atoms with Crippen LogP contribution in [0.15, 0.2) is 0 Å². The summed E-state index contributed by atoms with van der Waals surface area (Å²) in [6, 6.07) is 0. The molecule has 1 aliphatic carbocycles. The molecule has 0 aliphatic heterocycles. The third-order valence-corrected chi connectivity index (χ3v) is 2.36. The van der Waals surface area contributed by atoms with Crippen LogP contribution in [0.4, 0.5) is 0 Å². The van der Waals surface area contributed by atoms with Gasteiger partial charge in [-0.1, -0.05) is 5.92 Å². The van der Waals surface area contributed by atoms with Gasteiger partial charge in [0.05, 0.1) is 5.38 Å². The molecule has 2 atom stereocenters. The van der Waals surface area contributed by atoms with Crippen LogP contribution in [-0.2, 0) is 0 Å². The summed E-state index contributed by atoms with van der Waals surface area (Å²) in [5.74, 6) is 2.31. The molecule has 0 aromatic carbocycles. The first-order valence-electron chi connectivity index (χ1n) is 3.03. The molecule has 1 nitrogen and oxygen atoms in total. The number of hydrogen-bond donors (Lipinski definition) is 1. The number of halogens is 1. The average molecular weight is 145 g/mol. The zero-order valence-corrected chi connectivity index (χ0v) is 5.86. The smallest absolute Gasteiger partial charge is 0.141 e. The van der Waals surface area contributed by atoms with Crippen molar-refractivity contribution in [1.29, 1.82) is 0 Å². The van der Waals surface area contributed by atoms with Crippen molar-refractivity contribution in [2.24, 2.45) is 0 Å². The second-order valence-electron chi connectivity index (χ2n) is 2.43. The molecule has 1 fully saturated rings. The normalized spacial score (nSPS) is 42.6. The van der Waals surface area contributed by atoms with Crippen LogP contribution in [0.1, 0.15) is 19.3 Å². The van der Waals surface area contributed by atoms with Crippen LogP contribution < -0.4 is 0 Å². The molecule has 1 aliphatic rings. The van der Waals surface area contributed by atoms with Gasteiger partial charge in [-0.05, 0) is 19.3 Å². The predicted octanol–water partition coefficient (Wildman–Crippen LogP) is 1.14. The van der Waals surface area contributed by atoms with Crippen molar-refractivity contribution in [3.63, 3.8) is 0 Å². The minimum absolute atomic E-state index is 0.234. The van der Waals surface area contributed by atoms with Gasteiger partial charge in [0.2, 0.25) is 0 Å². The van der Waals surface area contributed by atoms with E-state index in [1.807, 2.05) is 0 Å². The lowest BCUT2D eigenvalue weighted by atomic mass is 10.0. The Bertz CT molecular complexity index is 149. The van der Waals surface area contributed by atoms with Crippen LogP contribution in [0.3, 0.4) is 0 Å². The fourth-order valence-corrected chi connectivity index (χ4v) is 1.44. The molecule has 50 valence electrons. The topological polar surface area (TPSA) is 20.2 Å². The quantitative estimate of drug-likeness (QED) is 0.400. The summed E-state index contributed by atoms with van der Waals surface area (Å²) in [7, 11) is 0. The van der Waals surface area contributed by atoms with E-state index in [4.69, 9.17) is 18.0 Å². The minimum atomic E-state index is -1.01. The molecular formula is C7H9ClO. The van der Waals surface area contributed by atoms with Gasteiger partial charge in [0.25, 0.3) is 0 Å². The minimum Gasteiger partial charge on any atom is -0.376 e. The summed E-state index contributed by atoms with van der Waals surface area (Å²) in [5, 5.41) is 9.17. The van der Waals surface area contributed by atoms with Gasteiger partial charge in [0, 0.05) is 0 Å². The molecule has 0 amide bonds. The van der Waals surface area contributed by atoms with Crippen molar-refractivity contribution < 1.29 is 5.11 Å². The van der Waals surface area contributed by atoms with E-state index >= 15 is 0 Å². The van der Waals surface area contributed by atoms with Crippen molar-refractivity contribution in [3.8, 4) is 12.3 Å². The Hall–Kier alpha value is -0.190. The molecule has 0 heterocycles. The van der Waals surface area contributed by atoms with Crippen LogP contribution in [0.5, 0.6) is 0 Å². The average Bonchev–Trinajstić information content (AvgIpc) is 2.15. The maximum Gasteiger partial charge on any atom is 0.141 e. The van der Waals surface area contributed by atoms with Gasteiger partial charge in [0.1, 0.15) is 5.60 Å². The maximum absolute atomic E-state index is 9.40. The number of hydrogen-bond acceptors (Lipinski definition) is 1. The van der Waals surface area contributed by atoms with E-state index in [0.717, 1.165) is 12.8 Å². The van der Waals surface area contributed by atoms with Crippen LogP contribution in [0, 0.1) is 12.3 Å². The third-order valence-electron chi connectivity index (χ3n) is 1.78. The van der Waals surface area contributed by atoms with Gasteiger partial charge in [-0.3, -0.25) is 0 Å². The van der Waals surface area contributed by atoms with E-state index in [9.17, 15) is 5.11 Å². The highest BCUT2D eigenvalue weighted by molar-refractivity contribution is 6.21. The van der Waals surface area contributed by atoms with Crippen molar-refractivity contribution in [3.05, 3.63) is 0 Å². The summed E-state index contributed by atoms with van der Waals surface area (Å²) in [5.41, 5.74) is -1.01. The lowest BCUT2D eigenvalue weighted by Crippen LogP contribution is -2.31. The van der Waals surface area contributed by atoms with Gasteiger partial charge in [0.15, 0.2) is 0 Å². The monoisotopic (exact) mass is 144 g/mol. The molecule has 2 heteroatoms. The zero-order chi connectivity index (χ0) is 6.91. The summed E-state index contributed by atoms with van der Waals surface area (Å²) >= 11 is 5.73. The Morgan fingerprint density at radius 3 is 2.67 bits per heavy atom. The lowest BCUT2D eigenvalue weighted by Gasteiger charge is -2.17. The Balaban J connectivity index is 2.70. The van der Waals surface area contributed by atoms with Crippen molar-refractivity contribution in [2.75, 3.05) is 0 Å². The summed E-state index contributed by atoms with van der Waals surface area (Å²) < 4.78 is 0. The molecule has 0 aromatic rings. The Labute approximate surface area is 60.0 Å². The van der Waals surface area contributed by atoms with Gasteiger partial charge in [-0.25, -0.2) is 0 Å². The van der Waals surface area contributed by atoms with E-state index in [-0.39, 0.29) is 5.38 Å². The molecule has 0 spiro atoms. The molecule has 1 N–H and O–H groups in total. The molecule has 0 bridgehead atoms. The highest BCUT2D eigenvalue weighted by atomic mass is 35.5. The number of terminal acetylenes is 1. The summed E-state index contributed by atoms with van der Waals surface area (Å²) in [6.07, 6.45) is 7.50. The van der Waals surface area contributed by atoms with Crippen LogP contribution >= 0.6 is 11.6 Å². The standard InChI is InChI=1S/C7H9ClO/c1-2-7(9)5-3-4-6(7)8/h1,6,9H,3-5H2/t6-,7+/m0/s1. The summed E-state index contributed by atoms with van der Waals surface area (Å²) in [4.78, 5) is 0. The molecule has 9 heavy (non-hydrogen) atoms. The fraction of sp³-hybridized carbons (Fsp3) is 0.714. The highest BCUT2D eigenvalue weighted by Gasteiger charge is 2.37. The van der Waals surface area contributed by atoms with Gasteiger partial charge < -0.3 is 5.11 Å². The van der Waals surface area contributed by atoms with E-state index in [1.54, 1.807) is 0 Å². The number of aliphatic hydroxyl groups is 1. The Kier molecular flexibility index (Phi) is 1.70. The van der Waals surface area contributed by atoms with Crippen molar-refractivity contribution >= 4 is 11.6 Å². The van der Waals surface area contributed by atoms with Gasteiger partial charge in [-0.2, -0.15) is 0 Å². The predicted molar refractivity (Wildman–Crippen MR) is 37.3 cm³/mol. The first-order chi connectivity index (χ1) is 4.19. The first kappa shape index (κ1) is 6.92. The molecule has 0 unspecified atom stereocenters. The molecule has 1 saturated carbocycles. The van der Waals surface area contributed by atoms with E-state index in [1.165, 1.54) is 0 Å². The maximum atomic E-state index is 9.40. The molecule has 0 aromatic heterocycles. The largest absolute Gasteiger partial charge is 0.376 e. The molecule has 1 rings (SSSR count). The molecular weight excluding hydrogens is 136 g/mol. The van der Waals surface area contributed by atoms with Gasteiger partial charge in [-0.15, -0.1) is 18.0 Å². The fourth-order valence-electron chi connectivity index (χ4n) is 1.11. The second-order valence-corrected chi connectivity index (χ2v) is 2.96. The Morgan fingerprint density at radius 1 is 1.78 bits per heavy atom. The van der Waals surface area contributed by atoms with Crippen LogP contribution in [0.25, 0.3) is 0 Å². The van der Waals surface area contributed by atoms with Crippen molar-refractivity contribution in [2.45, 2.75) is 30.2 Å². The third kappa shape index (κ3) is 1.05. The SMILES string of the molecule is C#C[C@@]1(O)CCC[C@@H]1Cl. The highest BCUT2D eigenvalue weighted by Crippen LogP contribution is 2.33. The van der Waals surface area contributed by atoms with E-state index in [0.29, 0.717) is 6.42 Å². The van der Waals surface area contributed by atoms with Crippen molar-refractivity contribution in [1.82, 2.24) is 0 Å². The zero-order valence-electron chi connectivity index (χ0n) is 5.10. The second kappa shape index (κ2) is 2.21. The van der Waals surface area contributed by atoms with Crippen LogP contribution in [-0.4, -0.2) is 16.1 Å². The lowest BCUT2D eigenvalue weighted by molar-refractivity contribution is 0.113.